The van der Waals surface area contributed by atoms with Crippen molar-refractivity contribution in [1.82, 2.24) is 0 Å². The zero-order chi connectivity index (χ0) is 11.1. The Morgan fingerprint density at radius 2 is 2.07 bits per heavy atom. The van der Waals surface area contributed by atoms with Crippen molar-refractivity contribution in [3.63, 3.8) is 0 Å². The number of halogens is 3. The van der Waals surface area contributed by atoms with Gasteiger partial charge >= 0.3 is 6.18 Å². The fourth-order valence-corrected chi connectivity index (χ4v) is 1.68. The summed E-state index contributed by atoms with van der Waals surface area (Å²) in [5.74, 6) is -0.250. The molecule has 1 N–H and O–H groups in total. The summed E-state index contributed by atoms with van der Waals surface area (Å²) in [6.45, 7) is 0. The van der Waals surface area contributed by atoms with Crippen LogP contribution < -0.4 is 5.32 Å². The van der Waals surface area contributed by atoms with Crippen LogP contribution in [-0.4, -0.2) is 12.1 Å². The van der Waals surface area contributed by atoms with Crippen LogP contribution in [0.4, 0.5) is 18.9 Å². The van der Waals surface area contributed by atoms with E-state index in [9.17, 15) is 18.0 Å². The van der Waals surface area contributed by atoms with Gasteiger partial charge in [-0.05, 0) is 11.1 Å². The number of rotatable bonds is 1. The molecule has 0 radical (unpaired) electrons. The molecule has 1 aromatic rings. The molecule has 1 heterocycles. The van der Waals surface area contributed by atoms with E-state index in [2.05, 4.69) is 5.32 Å². The van der Waals surface area contributed by atoms with Gasteiger partial charge in [0.2, 0.25) is 5.91 Å². The van der Waals surface area contributed by atoms with E-state index < -0.39 is 12.6 Å². The summed E-state index contributed by atoms with van der Waals surface area (Å²) in [6.07, 6.45) is -5.08. The quantitative estimate of drug-likeness (QED) is 0.765. The van der Waals surface area contributed by atoms with E-state index in [1.165, 1.54) is 6.07 Å². The molecule has 0 fully saturated rings. The van der Waals surface area contributed by atoms with E-state index >= 15 is 0 Å². The highest BCUT2D eigenvalue weighted by Gasteiger charge is 2.31. The van der Waals surface area contributed by atoms with Gasteiger partial charge in [0.05, 0.1) is 12.8 Å². The molecule has 0 bridgehead atoms. The monoisotopic (exact) mass is 215 g/mol. The van der Waals surface area contributed by atoms with Crippen LogP contribution in [0.2, 0.25) is 0 Å². The molecule has 0 atom stereocenters. The van der Waals surface area contributed by atoms with Crippen molar-refractivity contribution in [2.24, 2.45) is 0 Å². The van der Waals surface area contributed by atoms with E-state index in [4.69, 9.17) is 0 Å². The number of para-hydroxylation sites is 1. The topological polar surface area (TPSA) is 29.1 Å². The second-order valence-electron chi connectivity index (χ2n) is 3.47. The highest BCUT2D eigenvalue weighted by Crippen LogP contribution is 2.31. The minimum absolute atomic E-state index is 0.130. The Labute approximate surface area is 84.1 Å². The summed E-state index contributed by atoms with van der Waals surface area (Å²) in [7, 11) is 0. The lowest BCUT2D eigenvalue weighted by Gasteiger charge is -2.10. The van der Waals surface area contributed by atoms with Crippen LogP contribution in [0, 0.1) is 0 Å². The fraction of sp³-hybridized carbons (Fsp3) is 0.300. The first-order valence-electron chi connectivity index (χ1n) is 4.43. The van der Waals surface area contributed by atoms with Crippen molar-refractivity contribution in [1.29, 1.82) is 0 Å². The number of fused-ring (bicyclic) bond motifs is 1. The Balaban J connectivity index is 2.35. The van der Waals surface area contributed by atoms with Crippen molar-refractivity contribution in [2.45, 2.75) is 19.0 Å². The lowest BCUT2D eigenvalue weighted by atomic mass is 10.1. The van der Waals surface area contributed by atoms with Crippen LogP contribution in [0.1, 0.15) is 11.1 Å². The number of hydrogen-bond acceptors (Lipinski definition) is 1. The Bertz CT molecular complexity index is 412. The van der Waals surface area contributed by atoms with E-state index in [0.717, 1.165) is 0 Å². The van der Waals surface area contributed by atoms with Crippen molar-refractivity contribution < 1.29 is 18.0 Å². The average molecular weight is 215 g/mol. The molecule has 1 aromatic carbocycles. The highest BCUT2D eigenvalue weighted by atomic mass is 19.4. The van der Waals surface area contributed by atoms with Crippen molar-refractivity contribution in [2.75, 3.05) is 5.32 Å². The van der Waals surface area contributed by atoms with Gasteiger partial charge in [-0.25, -0.2) is 0 Å². The van der Waals surface area contributed by atoms with Gasteiger partial charge in [-0.15, -0.1) is 0 Å². The number of amides is 1. The zero-order valence-corrected chi connectivity index (χ0v) is 7.69. The molecule has 2 rings (SSSR count). The van der Waals surface area contributed by atoms with Crippen LogP contribution in [0.3, 0.4) is 0 Å². The molecule has 0 aliphatic carbocycles. The van der Waals surface area contributed by atoms with Gasteiger partial charge in [-0.3, -0.25) is 4.79 Å². The standard InChI is InChI=1S/C10H8F3NO/c11-10(12,13)5-7-3-1-2-6-4-8(15)14-9(6)7/h1-3H,4-5H2,(H,14,15). The van der Waals surface area contributed by atoms with Gasteiger partial charge in [0, 0.05) is 5.69 Å². The number of anilines is 1. The van der Waals surface area contributed by atoms with E-state index in [1.54, 1.807) is 12.1 Å². The van der Waals surface area contributed by atoms with Gasteiger partial charge in [-0.2, -0.15) is 13.2 Å². The minimum atomic E-state index is -4.25. The smallest absolute Gasteiger partial charge is 0.325 e. The average Bonchev–Trinajstić information content (AvgIpc) is 2.43. The van der Waals surface area contributed by atoms with E-state index in [0.29, 0.717) is 11.3 Å². The van der Waals surface area contributed by atoms with E-state index in [1.807, 2.05) is 0 Å². The molecule has 0 aromatic heterocycles. The molecule has 0 spiro atoms. The Hall–Kier alpha value is -1.52. The first kappa shape index (κ1) is 10.0. The van der Waals surface area contributed by atoms with Crippen LogP contribution >= 0.6 is 0 Å². The molecular weight excluding hydrogens is 207 g/mol. The number of alkyl halides is 3. The van der Waals surface area contributed by atoms with Crippen molar-refractivity contribution in [3.05, 3.63) is 29.3 Å². The summed E-state index contributed by atoms with van der Waals surface area (Å²) >= 11 is 0. The second kappa shape index (κ2) is 3.25. The molecule has 1 aliphatic heterocycles. The fourth-order valence-electron chi connectivity index (χ4n) is 1.68. The lowest BCUT2D eigenvalue weighted by molar-refractivity contribution is -0.127. The first-order valence-corrected chi connectivity index (χ1v) is 4.43. The maximum Gasteiger partial charge on any atom is 0.393 e. The molecule has 0 unspecified atom stereocenters. The zero-order valence-electron chi connectivity index (χ0n) is 7.69. The number of carbonyl (C=O) groups excluding carboxylic acids is 1. The Morgan fingerprint density at radius 1 is 1.33 bits per heavy atom. The maximum atomic E-state index is 12.2. The van der Waals surface area contributed by atoms with Gasteiger partial charge in [-0.1, -0.05) is 18.2 Å². The summed E-state index contributed by atoms with van der Waals surface area (Å²) < 4.78 is 36.6. The first-order chi connectivity index (χ1) is 6.96. The van der Waals surface area contributed by atoms with Crippen molar-refractivity contribution in [3.8, 4) is 0 Å². The number of carbonyl (C=O) groups is 1. The third-order valence-electron chi connectivity index (χ3n) is 2.24. The van der Waals surface area contributed by atoms with Crippen LogP contribution in [0.25, 0.3) is 0 Å². The normalized spacial score (nSPS) is 15.0. The predicted octanol–water partition coefficient (Wildman–Crippen LogP) is 2.29. The summed E-state index contributed by atoms with van der Waals surface area (Å²) in [6, 6.07) is 4.59. The van der Waals surface area contributed by atoms with Crippen LogP contribution in [0.5, 0.6) is 0 Å². The number of benzene rings is 1. The molecule has 2 nitrogen and oxygen atoms in total. The predicted molar refractivity (Wildman–Crippen MR) is 48.5 cm³/mol. The molecule has 5 heteroatoms. The van der Waals surface area contributed by atoms with Crippen LogP contribution in [0.15, 0.2) is 18.2 Å². The molecule has 15 heavy (non-hydrogen) atoms. The number of hydrogen-bond donors (Lipinski definition) is 1. The number of nitrogens with one attached hydrogen (secondary N) is 1. The molecule has 80 valence electrons. The van der Waals surface area contributed by atoms with Gasteiger partial charge in [0.1, 0.15) is 0 Å². The van der Waals surface area contributed by atoms with E-state index in [-0.39, 0.29) is 17.9 Å². The lowest BCUT2D eigenvalue weighted by Crippen LogP contribution is -2.13. The van der Waals surface area contributed by atoms with Gasteiger partial charge in [0.15, 0.2) is 0 Å². The molecule has 0 saturated heterocycles. The van der Waals surface area contributed by atoms with Gasteiger partial charge < -0.3 is 5.32 Å². The molecular formula is C10H8F3NO. The third-order valence-corrected chi connectivity index (χ3v) is 2.24. The molecule has 0 saturated carbocycles. The highest BCUT2D eigenvalue weighted by molar-refractivity contribution is 6.00. The third kappa shape index (κ3) is 2.11. The summed E-state index contributed by atoms with van der Waals surface area (Å²) in [4.78, 5) is 11.0. The molecule has 1 aliphatic rings. The largest absolute Gasteiger partial charge is 0.393 e. The summed E-state index contributed by atoms with van der Waals surface area (Å²) in [5.41, 5.74) is 1.10. The second-order valence-corrected chi connectivity index (χ2v) is 3.47. The Kier molecular flexibility index (Phi) is 2.17. The van der Waals surface area contributed by atoms with Crippen molar-refractivity contribution >= 4 is 11.6 Å². The molecule has 1 amide bonds. The Morgan fingerprint density at radius 3 is 2.73 bits per heavy atom. The SMILES string of the molecule is O=C1Cc2cccc(CC(F)(F)F)c2N1. The maximum absolute atomic E-state index is 12.2. The van der Waals surface area contributed by atoms with Crippen LogP contribution in [-0.2, 0) is 17.6 Å². The van der Waals surface area contributed by atoms with Gasteiger partial charge in [0.25, 0.3) is 0 Å². The summed E-state index contributed by atoms with van der Waals surface area (Å²) in [5, 5.41) is 2.45. The minimum Gasteiger partial charge on any atom is -0.325 e.